The zero-order valence-corrected chi connectivity index (χ0v) is 13.6. The summed E-state index contributed by atoms with van der Waals surface area (Å²) in [6.45, 7) is 3.75. The van der Waals surface area contributed by atoms with Gasteiger partial charge in [0.25, 0.3) is 0 Å². The smallest absolute Gasteiger partial charge is 0.0969 e. The summed E-state index contributed by atoms with van der Waals surface area (Å²) in [5, 5.41) is 11.3. The first-order chi connectivity index (χ1) is 10.7. The molecular formula is C16H19N5S. The largest absolute Gasteiger partial charge is 0.312 e. The van der Waals surface area contributed by atoms with E-state index < -0.39 is 0 Å². The molecule has 0 saturated carbocycles. The average Bonchev–Trinajstić information content (AvgIpc) is 3.10. The maximum atomic E-state index is 4.56. The second kappa shape index (κ2) is 6.81. The van der Waals surface area contributed by atoms with Gasteiger partial charge in [-0.2, -0.15) is 5.10 Å². The molecule has 0 aromatic carbocycles. The molecule has 0 radical (unpaired) electrons. The summed E-state index contributed by atoms with van der Waals surface area (Å²) in [4.78, 5) is 8.54. The van der Waals surface area contributed by atoms with Crippen LogP contribution in [-0.4, -0.2) is 26.3 Å². The summed E-state index contributed by atoms with van der Waals surface area (Å²) in [5.41, 5.74) is 4.42. The SMILES string of the molecule is Cc1csc(CCNCc2cn(C)nc2-c2ccncc2)n1. The van der Waals surface area contributed by atoms with E-state index in [1.165, 1.54) is 10.6 Å². The van der Waals surface area contributed by atoms with Crippen LogP contribution in [0, 0.1) is 6.92 Å². The molecule has 0 bridgehead atoms. The number of aromatic nitrogens is 4. The van der Waals surface area contributed by atoms with E-state index in [4.69, 9.17) is 0 Å². The predicted molar refractivity (Wildman–Crippen MR) is 88.7 cm³/mol. The van der Waals surface area contributed by atoms with Crippen molar-refractivity contribution in [2.45, 2.75) is 19.9 Å². The molecule has 0 aliphatic carbocycles. The van der Waals surface area contributed by atoms with Gasteiger partial charge in [0.15, 0.2) is 0 Å². The topological polar surface area (TPSA) is 55.6 Å². The fraction of sp³-hybridized carbons (Fsp3) is 0.312. The molecule has 0 saturated heterocycles. The van der Waals surface area contributed by atoms with E-state index in [0.717, 1.165) is 36.5 Å². The van der Waals surface area contributed by atoms with Crippen LogP contribution in [0.2, 0.25) is 0 Å². The zero-order chi connectivity index (χ0) is 15.4. The minimum Gasteiger partial charge on any atom is -0.312 e. The number of thiazole rings is 1. The van der Waals surface area contributed by atoms with Crippen LogP contribution in [0.4, 0.5) is 0 Å². The minimum absolute atomic E-state index is 0.801. The number of rotatable bonds is 6. The molecule has 3 rings (SSSR count). The third kappa shape index (κ3) is 3.58. The second-order valence-electron chi connectivity index (χ2n) is 5.22. The molecule has 0 spiro atoms. The van der Waals surface area contributed by atoms with Crippen LogP contribution in [0.1, 0.15) is 16.3 Å². The van der Waals surface area contributed by atoms with Crippen molar-refractivity contribution in [1.82, 2.24) is 25.1 Å². The molecule has 0 amide bonds. The maximum absolute atomic E-state index is 4.56. The summed E-state index contributed by atoms with van der Waals surface area (Å²) < 4.78 is 1.86. The Morgan fingerprint density at radius 2 is 2.09 bits per heavy atom. The highest BCUT2D eigenvalue weighted by Crippen LogP contribution is 2.20. The van der Waals surface area contributed by atoms with Crippen LogP contribution in [0.15, 0.2) is 36.1 Å². The third-order valence-corrected chi connectivity index (χ3v) is 4.38. The fourth-order valence-electron chi connectivity index (χ4n) is 2.36. The van der Waals surface area contributed by atoms with E-state index in [-0.39, 0.29) is 0 Å². The van der Waals surface area contributed by atoms with Crippen molar-refractivity contribution in [2.24, 2.45) is 7.05 Å². The van der Waals surface area contributed by atoms with Crippen molar-refractivity contribution in [3.05, 3.63) is 52.4 Å². The normalized spacial score (nSPS) is 11.0. The van der Waals surface area contributed by atoms with Crippen molar-refractivity contribution in [1.29, 1.82) is 0 Å². The van der Waals surface area contributed by atoms with Crippen molar-refractivity contribution >= 4 is 11.3 Å². The van der Waals surface area contributed by atoms with Gasteiger partial charge in [0.05, 0.1) is 10.7 Å². The van der Waals surface area contributed by atoms with Gasteiger partial charge in [0.2, 0.25) is 0 Å². The Kier molecular flexibility index (Phi) is 4.60. The van der Waals surface area contributed by atoms with Crippen molar-refractivity contribution in [3.8, 4) is 11.3 Å². The highest BCUT2D eigenvalue weighted by Gasteiger charge is 2.09. The minimum atomic E-state index is 0.801. The molecule has 0 atom stereocenters. The van der Waals surface area contributed by atoms with Crippen LogP contribution in [0.3, 0.4) is 0 Å². The lowest BCUT2D eigenvalue weighted by Gasteiger charge is -2.04. The molecule has 0 fully saturated rings. The number of hydrogen-bond donors (Lipinski definition) is 1. The number of nitrogens with zero attached hydrogens (tertiary/aromatic N) is 4. The Morgan fingerprint density at radius 3 is 2.82 bits per heavy atom. The Hall–Kier alpha value is -2.05. The number of nitrogens with one attached hydrogen (secondary N) is 1. The van der Waals surface area contributed by atoms with Gasteiger partial charge in [-0.1, -0.05) is 0 Å². The molecule has 6 heteroatoms. The van der Waals surface area contributed by atoms with E-state index in [0.29, 0.717) is 0 Å². The van der Waals surface area contributed by atoms with E-state index >= 15 is 0 Å². The second-order valence-corrected chi connectivity index (χ2v) is 6.16. The number of pyridine rings is 1. The molecule has 22 heavy (non-hydrogen) atoms. The molecule has 3 aromatic heterocycles. The summed E-state index contributed by atoms with van der Waals surface area (Å²) in [6.07, 6.45) is 6.62. The van der Waals surface area contributed by atoms with Crippen molar-refractivity contribution in [3.63, 3.8) is 0 Å². The molecule has 114 valence electrons. The van der Waals surface area contributed by atoms with E-state index in [1.54, 1.807) is 23.7 Å². The van der Waals surface area contributed by atoms with Gasteiger partial charge < -0.3 is 5.32 Å². The lowest BCUT2D eigenvalue weighted by atomic mass is 10.1. The van der Waals surface area contributed by atoms with Crippen LogP contribution in [0.25, 0.3) is 11.3 Å². The molecular weight excluding hydrogens is 294 g/mol. The molecule has 3 aromatic rings. The van der Waals surface area contributed by atoms with Gasteiger partial charge in [-0.3, -0.25) is 9.67 Å². The monoisotopic (exact) mass is 313 g/mol. The first kappa shape index (κ1) is 14.9. The molecule has 5 nitrogen and oxygen atoms in total. The molecule has 1 N–H and O–H groups in total. The Balaban J connectivity index is 1.61. The molecule has 0 aliphatic heterocycles. The Labute approximate surface area is 134 Å². The maximum Gasteiger partial charge on any atom is 0.0969 e. The van der Waals surface area contributed by atoms with Gasteiger partial charge in [-0.25, -0.2) is 4.98 Å². The molecule has 3 heterocycles. The van der Waals surface area contributed by atoms with E-state index in [9.17, 15) is 0 Å². The number of hydrogen-bond acceptors (Lipinski definition) is 5. The van der Waals surface area contributed by atoms with Gasteiger partial charge >= 0.3 is 0 Å². The van der Waals surface area contributed by atoms with Gasteiger partial charge in [-0.05, 0) is 19.1 Å². The fourth-order valence-corrected chi connectivity index (χ4v) is 3.13. The van der Waals surface area contributed by atoms with Crippen LogP contribution in [0.5, 0.6) is 0 Å². The summed E-state index contributed by atoms with van der Waals surface area (Å²) in [6, 6.07) is 3.98. The highest BCUT2D eigenvalue weighted by molar-refractivity contribution is 7.09. The first-order valence-corrected chi connectivity index (χ1v) is 8.15. The Morgan fingerprint density at radius 1 is 1.27 bits per heavy atom. The van der Waals surface area contributed by atoms with Crippen molar-refractivity contribution in [2.75, 3.05) is 6.54 Å². The van der Waals surface area contributed by atoms with Gasteiger partial charge in [0, 0.05) is 67.3 Å². The first-order valence-electron chi connectivity index (χ1n) is 7.27. The molecule has 0 unspecified atom stereocenters. The average molecular weight is 313 g/mol. The summed E-state index contributed by atoms with van der Waals surface area (Å²) in [5.74, 6) is 0. The summed E-state index contributed by atoms with van der Waals surface area (Å²) in [7, 11) is 1.95. The standard InChI is InChI=1S/C16H19N5S/c1-12-11-22-15(19-12)5-8-18-9-14-10-21(2)20-16(14)13-3-6-17-7-4-13/h3-4,6-7,10-11,18H,5,8-9H2,1-2H3. The van der Waals surface area contributed by atoms with Crippen LogP contribution in [-0.2, 0) is 20.0 Å². The predicted octanol–water partition coefficient (Wildman–Crippen LogP) is 2.58. The Bertz CT molecular complexity index is 732. The lowest BCUT2D eigenvalue weighted by Crippen LogP contribution is -2.16. The van der Waals surface area contributed by atoms with E-state index in [1.807, 2.05) is 30.8 Å². The van der Waals surface area contributed by atoms with Crippen LogP contribution >= 0.6 is 11.3 Å². The number of aryl methyl sites for hydroxylation is 2. The third-order valence-electron chi connectivity index (χ3n) is 3.36. The van der Waals surface area contributed by atoms with Crippen LogP contribution < -0.4 is 5.32 Å². The van der Waals surface area contributed by atoms with Gasteiger partial charge in [0.1, 0.15) is 0 Å². The molecule has 0 aliphatic rings. The van der Waals surface area contributed by atoms with Crippen molar-refractivity contribution < 1.29 is 0 Å². The quantitative estimate of drug-likeness (QED) is 0.711. The van der Waals surface area contributed by atoms with Gasteiger partial charge in [-0.15, -0.1) is 11.3 Å². The lowest BCUT2D eigenvalue weighted by molar-refractivity contribution is 0.684. The zero-order valence-electron chi connectivity index (χ0n) is 12.8. The summed E-state index contributed by atoms with van der Waals surface area (Å²) >= 11 is 1.73. The highest BCUT2D eigenvalue weighted by atomic mass is 32.1. The van der Waals surface area contributed by atoms with E-state index in [2.05, 4.69) is 32.0 Å².